The van der Waals surface area contributed by atoms with Crippen LogP contribution in [0.3, 0.4) is 0 Å². The fourth-order valence-corrected chi connectivity index (χ4v) is 4.06. The SMILES string of the molecule is CC(NC(=O)Nc1cc(O)c(O)c(O)c1)C1CC2CCC1C2. The van der Waals surface area contributed by atoms with Crippen molar-refractivity contribution in [3.05, 3.63) is 12.1 Å². The average molecular weight is 306 g/mol. The maximum Gasteiger partial charge on any atom is 0.319 e. The van der Waals surface area contributed by atoms with E-state index in [-0.39, 0.29) is 17.8 Å². The van der Waals surface area contributed by atoms with Crippen LogP contribution < -0.4 is 10.6 Å². The number of hydrogen-bond acceptors (Lipinski definition) is 4. The number of amides is 2. The molecule has 2 aliphatic carbocycles. The maximum absolute atomic E-state index is 12.0. The van der Waals surface area contributed by atoms with Crippen molar-refractivity contribution in [2.75, 3.05) is 5.32 Å². The lowest BCUT2D eigenvalue weighted by Gasteiger charge is -2.28. The van der Waals surface area contributed by atoms with E-state index in [9.17, 15) is 20.1 Å². The molecule has 6 nitrogen and oxygen atoms in total. The van der Waals surface area contributed by atoms with Crippen LogP contribution >= 0.6 is 0 Å². The Kier molecular flexibility index (Phi) is 3.76. The fraction of sp³-hybridized carbons (Fsp3) is 0.562. The molecule has 5 N–H and O–H groups in total. The minimum absolute atomic E-state index is 0.0922. The number of carbonyl (C=O) groups excluding carboxylic acids is 1. The van der Waals surface area contributed by atoms with Gasteiger partial charge in [-0.1, -0.05) is 6.42 Å². The Morgan fingerprint density at radius 1 is 1.18 bits per heavy atom. The predicted octanol–water partition coefficient (Wildman–Crippen LogP) is 2.75. The van der Waals surface area contributed by atoms with Crippen molar-refractivity contribution in [1.82, 2.24) is 5.32 Å². The Morgan fingerprint density at radius 3 is 2.41 bits per heavy atom. The first-order chi connectivity index (χ1) is 10.4. The van der Waals surface area contributed by atoms with Crippen LogP contribution in [0.5, 0.6) is 17.2 Å². The summed E-state index contributed by atoms with van der Waals surface area (Å²) in [6.07, 6.45) is 5.07. The number of rotatable bonds is 3. The predicted molar refractivity (Wildman–Crippen MR) is 82.0 cm³/mol. The van der Waals surface area contributed by atoms with Gasteiger partial charge in [0.1, 0.15) is 0 Å². The van der Waals surface area contributed by atoms with Gasteiger partial charge in [0.15, 0.2) is 17.2 Å². The van der Waals surface area contributed by atoms with Gasteiger partial charge in [-0.2, -0.15) is 0 Å². The molecular weight excluding hydrogens is 284 g/mol. The quantitative estimate of drug-likeness (QED) is 0.438. The summed E-state index contributed by atoms with van der Waals surface area (Å²) in [4.78, 5) is 12.0. The summed E-state index contributed by atoms with van der Waals surface area (Å²) < 4.78 is 0. The molecule has 0 heterocycles. The summed E-state index contributed by atoms with van der Waals surface area (Å²) in [6, 6.07) is 2.10. The highest BCUT2D eigenvalue weighted by Gasteiger charge is 2.42. The summed E-state index contributed by atoms with van der Waals surface area (Å²) in [7, 11) is 0. The van der Waals surface area contributed by atoms with E-state index >= 15 is 0 Å². The number of benzene rings is 1. The first-order valence-electron chi connectivity index (χ1n) is 7.76. The number of phenolic OH excluding ortho intramolecular Hbond substituents is 3. The van der Waals surface area contributed by atoms with Crippen molar-refractivity contribution in [3.8, 4) is 17.2 Å². The molecule has 4 atom stereocenters. The minimum Gasteiger partial charge on any atom is -0.504 e. The Morgan fingerprint density at radius 2 is 1.86 bits per heavy atom. The Balaban J connectivity index is 1.58. The molecule has 0 aromatic heterocycles. The normalized spacial score (nSPS) is 27.6. The molecule has 22 heavy (non-hydrogen) atoms. The van der Waals surface area contributed by atoms with E-state index in [1.165, 1.54) is 37.8 Å². The summed E-state index contributed by atoms with van der Waals surface area (Å²) >= 11 is 0. The maximum atomic E-state index is 12.0. The van der Waals surface area contributed by atoms with Crippen LogP contribution in [0.2, 0.25) is 0 Å². The second-order valence-electron chi connectivity index (χ2n) is 6.59. The highest BCUT2D eigenvalue weighted by atomic mass is 16.3. The molecule has 120 valence electrons. The van der Waals surface area contributed by atoms with Crippen LogP contribution in [0, 0.1) is 17.8 Å². The fourth-order valence-electron chi connectivity index (χ4n) is 4.06. The van der Waals surface area contributed by atoms with Gasteiger partial charge >= 0.3 is 6.03 Å². The van der Waals surface area contributed by atoms with E-state index in [1.807, 2.05) is 6.92 Å². The van der Waals surface area contributed by atoms with Crippen LogP contribution in [-0.4, -0.2) is 27.4 Å². The third-order valence-corrected chi connectivity index (χ3v) is 5.12. The third kappa shape index (κ3) is 2.77. The Bertz CT molecular complexity index is 567. The highest BCUT2D eigenvalue weighted by Crippen LogP contribution is 2.49. The molecule has 2 fully saturated rings. The standard InChI is InChI=1S/C16H22N2O4/c1-8(12-5-9-2-3-10(12)4-9)17-16(22)18-11-6-13(19)15(21)14(20)7-11/h6-10,12,19-21H,2-5H2,1H3,(H2,17,18,22). The van der Waals surface area contributed by atoms with Crippen LogP contribution in [-0.2, 0) is 0 Å². The molecule has 2 aliphatic rings. The van der Waals surface area contributed by atoms with E-state index in [4.69, 9.17) is 0 Å². The Hall–Kier alpha value is -2.11. The van der Waals surface area contributed by atoms with Crippen LogP contribution in [0.4, 0.5) is 10.5 Å². The molecule has 0 aliphatic heterocycles. The van der Waals surface area contributed by atoms with Crippen molar-refractivity contribution in [2.24, 2.45) is 17.8 Å². The number of hydrogen-bond donors (Lipinski definition) is 5. The van der Waals surface area contributed by atoms with Crippen LogP contribution in [0.15, 0.2) is 12.1 Å². The minimum atomic E-state index is -0.596. The van der Waals surface area contributed by atoms with Gasteiger partial charge in [-0.05, 0) is 43.9 Å². The number of nitrogens with one attached hydrogen (secondary N) is 2. The van der Waals surface area contributed by atoms with Gasteiger partial charge in [-0.3, -0.25) is 0 Å². The largest absolute Gasteiger partial charge is 0.504 e. The summed E-state index contributed by atoms with van der Waals surface area (Å²) in [5.74, 6) is 0.538. The molecule has 1 aromatic rings. The third-order valence-electron chi connectivity index (χ3n) is 5.12. The van der Waals surface area contributed by atoms with Crippen molar-refractivity contribution < 1.29 is 20.1 Å². The summed E-state index contributed by atoms with van der Waals surface area (Å²) in [5.41, 5.74) is 0.227. The lowest BCUT2D eigenvalue weighted by Crippen LogP contribution is -2.42. The molecule has 0 saturated heterocycles. The van der Waals surface area contributed by atoms with Crippen molar-refractivity contribution >= 4 is 11.7 Å². The zero-order chi connectivity index (χ0) is 15.9. The lowest BCUT2D eigenvalue weighted by molar-refractivity contribution is 0.230. The van der Waals surface area contributed by atoms with E-state index in [0.29, 0.717) is 5.92 Å². The van der Waals surface area contributed by atoms with E-state index in [0.717, 1.165) is 11.8 Å². The molecule has 0 spiro atoms. The molecule has 2 bridgehead atoms. The molecule has 2 saturated carbocycles. The van der Waals surface area contributed by atoms with Gasteiger partial charge in [0.05, 0.1) is 5.69 Å². The van der Waals surface area contributed by atoms with E-state index in [1.54, 1.807) is 0 Å². The van der Waals surface area contributed by atoms with Crippen molar-refractivity contribution in [2.45, 2.75) is 38.6 Å². The zero-order valence-corrected chi connectivity index (χ0v) is 12.5. The van der Waals surface area contributed by atoms with Gasteiger partial charge in [-0.25, -0.2) is 4.79 Å². The van der Waals surface area contributed by atoms with E-state index in [2.05, 4.69) is 10.6 Å². The average Bonchev–Trinajstić information content (AvgIpc) is 3.07. The van der Waals surface area contributed by atoms with E-state index < -0.39 is 17.2 Å². The molecule has 0 radical (unpaired) electrons. The molecular formula is C16H22N2O4. The van der Waals surface area contributed by atoms with Gasteiger partial charge in [0.25, 0.3) is 0 Å². The number of carbonyl (C=O) groups is 1. The first kappa shape index (κ1) is 14.8. The van der Waals surface area contributed by atoms with Crippen LogP contribution in [0.1, 0.15) is 32.6 Å². The number of phenols is 3. The highest BCUT2D eigenvalue weighted by molar-refractivity contribution is 5.90. The number of anilines is 1. The van der Waals surface area contributed by atoms with Gasteiger partial charge < -0.3 is 26.0 Å². The molecule has 1 aromatic carbocycles. The first-order valence-corrected chi connectivity index (χ1v) is 7.76. The van der Waals surface area contributed by atoms with Gasteiger partial charge in [0.2, 0.25) is 0 Å². The molecule has 6 heteroatoms. The second kappa shape index (κ2) is 5.59. The zero-order valence-electron chi connectivity index (χ0n) is 12.5. The lowest BCUT2D eigenvalue weighted by atomic mass is 9.84. The monoisotopic (exact) mass is 306 g/mol. The van der Waals surface area contributed by atoms with Crippen molar-refractivity contribution in [3.63, 3.8) is 0 Å². The number of aromatic hydroxyl groups is 3. The molecule has 3 rings (SSSR count). The topological polar surface area (TPSA) is 102 Å². The van der Waals surface area contributed by atoms with Gasteiger partial charge in [0, 0.05) is 18.2 Å². The number of fused-ring (bicyclic) bond motifs is 2. The summed E-state index contributed by atoms with van der Waals surface area (Å²) in [5, 5.41) is 33.7. The molecule has 4 unspecified atom stereocenters. The second-order valence-corrected chi connectivity index (χ2v) is 6.59. The Labute approximate surface area is 129 Å². The van der Waals surface area contributed by atoms with Gasteiger partial charge in [-0.15, -0.1) is 0 Å². The molecule has 2 amide bonds. The van der Waals surface area contributed by atoms with Crippen molar-refractivity contribution in [1.29, 1.82) is 0 Å². The summed E-state index contributed by atoms with van der Waals surface area (Å²) in [6.45, 7) is 2.02. The smallest absolute Gasteiger partial charge is 0.319 e. The van der Waals surface area contributed by atoms with Crippen LogP contribution in [0.25, 0.3) is 0 Å². The number of urea groups is 1.